The standard InChI is InChI=1S/C18H19N5O/c1-18(2,14-9-5-4-6-10-14)17(24)19-15-11-7-8-13(12-15)16-20-21-22-23(16)3/h4-12H,1-3H3,(H,19,24). The summed E-state index contributed by atoms with van der Waals surface area (Å²) in [6, 6.07) is 17.2. The number of amides is 1. The smallest absolute Gasteiger partial charge is 0.234 e. The van der Waals surface area contributed by atoms with Crippen molar-refractivity contribution in [2.24, 2.45) is 7.05 Å². The molecule has 0 bridgehead atoms. The Morgan fingerprint density at radius 1 is 1.08 bits per heavy atom. The Morgan fingerprint density at radius 3 is 2.50 bits per heavy atom. The van der Waals surface area contributed by atoms with E-state index in [1.165, 1.54) is 0 Å². The fraction of sp³-hybridized carbons (Fsp3) is 0.222. The van der Waals surface area contributed by atoms with Crippen molar-refractivity contribution in [2.45, 2.75) is 19.3 Å². The zero-order chi connectivity index (χ0) is 17.2. The van der Waals surface area contributed by atoms with E-state index in [1.807, 2.05) is 68.4 Å². The Bertz CT molecular complexity index is 855. The second-order valence-corrected chi connectivity index (χ2v) is 6.15. The average molecular weight is 321 g/mol. The molecule has 0 unspecified atom stereocenters. The summed E-state index contributed by atoms with van der Waals surface area (Å²) < 4.78 is 1.59. The number of rotatable bonds is 4. The van der Waals surface area contributed by atoms with Crippen LogP contribution in [0.4, 0.5) is 5.69 Å². The van der Waals surface area contributed by atoms with Gasteiger partial charge in [-0.1, -0.05) is 42.5 Å². The van der Waals surface area contributed by atoms with Crippen LogP contribution in [0, 0.1) is 0 Å². The Morgan fingerprint density at radius 2 is 1.83 bits per heavy atom. The second kappa shape index (κ2) is 6.23. The van der Waals surface area contributed by atoms with E-state index in [9.17, 15) is 4.79 Å². The number of tetrazole rings is 1. The third kappa shape index (κ3) is 3.03. The summed E-state index contributed by atoms with van der Waals surface area (Å²) in [5.74, 6) is 0.579. The molecule has 0 saturated heterocycles. The molecule has 2 aromatic carbocycles. The maximum Gasteiger partial charge on any atom is 0.234 e. The summed E-state index contributed by atoms with van der Waals surface area (Å²) in [4.78, 5) is 12.7. The molecule has 1 N–H and O–H groups in total. The summed E-state index contributed by atoms with van der Waals surface area (Å²) in [7, 11) is 1.78. The lowest BCUT2D eigenvalue weighted by molar-refractivity contribution is -0.120. The van der Waals surface area contributed by atoms with E-state index < -0.39 is 5.41 Å². The van der Waals surface area contributed by atoms with Crippen molar-refractivity contribution >= 4 is 11.6 Å². The monoisotopic (exact) mass is 321 g/mol. The van der Waals surface area contributed by atoms with Gasteiger partial charge in [0.25, 0.3) is 0 Å². The molecule has 1 aromatic heterocycles. The fourth-order valence-electron chi connectivity index (χ4n) is 2.48. The molecule has 0 aliphatic rings. The van der Waals surface area contributed by atoms with E-state index >= 15 is 0 Å². The molecule has 24 heavy (non-hydrogen) atoms. The minimum absolute atomic E-state index is 0.0676. The highest BCUT2D eigenvalue weighted by molar-refractivity contribution is 5.98. The highest BCUT2D eigenvalue weighted by Gasteiger charge is 2.29. The van der Waals surface area contributed by atoms with E-state index in [0.29, 0.717) is 11.5 Å². The van der Waals surface area contributed by atoms with Crippen LogP contribution >= 0.6 is 0 Å². The lowest BCUT2D eigenvalue weighted by Gasteiger charge is -2.24. The van der Waals surface area contributed by atoms with Gasteiger partial charge in [-0.3, -0.25) is 4.79 Å². The average Bonchev–Trinajstić information content (AvgIpc) is 3.02. The maximum atomic E-state index is 12.7. The predicted octanol–water partition coefficient (Wildman–Crippen LogP) is 2.79. The maximum absolute atomic E-state index is 12.7. The highest BCUT2D eigenvalue weighted by Crippen LogP contribution is 2.26. The first kappa shape index (κ1) is 15.9. The van der Waals surface area contributed by atoms with Gasteiger partial charge in [-0.2, -0.15) is 0 Å². The number of nitrogens with one attached hydrogen (secondary N) is 1. The summed E-state index contributed by atoms with van der Waals surface area (Å²) in [6.07, 6.45) is 0. The van der Waals surface area contributed by atoms with Crippen LogP contribution in [-0.4, -0.2) is 26.1 Å². The number of hydrogen-bond donors (Lipinski definition) is 1. The number of carbonyl (C=O) groups excluding carboxylic acids is 1. The number of aryl methyl sites for hydroxylation is 1. The Hall–Kier alpha value is -3.02. The Labute approximate surface area is 140 Å². The number of carbonyl (C=O) groups is 1. The topological polar surface area (TPSA) is 72.7 Å². The van der Waals surface area contributed by atoms with Gasteiger partial charge in [-0.05, 0) is 42.0 Å². The van der Waals surface area contributed by atoms with Gasteiger partial charge in [0.2, 0.25) is 5.91 Å². The van der Waals surface area contributed by atoms with Crippen molar-refractivity contribution in [1.82, 2.24) is 20.2 Å². The van der Waals surface area contributed by atoms with E-state index in [1.54, 1.807) is 11.7 Å². The van der Waals surface area contributed by atoms with Gasteiger partial charge in [-0.15, -0.1) is 5.10 Å². The molecule has 3 rings (SSSR count). The van der Waals surface area contributed by atoms with Crippen LogP contribution in [0.2, 0.25) is 0 Å². The second-order valence-electron chi connectivity index (χ2n) is 6.15. The van der Waals surface area contributed by atoms with Gasteiger partial charge in [0.1, 0.15) is 0 Å². The number of aromatic nitrogens is 4. The van der Waals surface area contributed by atoms with Gasteiger partial charge in [0, 0.05) is 18.3 Å². The molecule has 3 aromatic rings. The molecular weight excluding hydrogens is 302 g/mol. The summed E-state index contributed by atoms with van der Waals surface area (Å²) >= 11 is 0. The molecule has 0 aliphatic heterocycles. The van der Waals surface area contributed by atoms with Crippen LogP contribution in [0.1, 0.15) is 19.4 Å². The van der Waals surface area contributed by atoms with E-state index in [0.717, 1.165) is 11.1 Å². The van der Waals surface area contributed by atoms with Crippen LogP contribution in [0.15, 0.2) is 54.6 Å². The molecular formula is C18H19N5O. The first-order valence-corrected chi connectivity index (χ1v) is 7.68. The van der Waals surface area contributed by atoms with Crippen molar-refractivity contribution in [3.8, 4) is 11.4 Å². The quantitative estimate of drug-likeness (QED) is 0.802. The van der Waals surface area contributed by atoms with E-state index in [2.05, 4.69) is 20.8 Å². The molecule has 0 aliphatic carbocycles. The van der Waals surface area contributed by atoms with Crippen LogP contribution < -0.4 is 5.32 Å². The molecule has 6 heteroatoms. The zero-order valence-corrected chi connectivity index (χ0v) is 13.9. The number of nitrogens with zero attached hydrogens (tertiary/aromatic N) is 4. The lowest BCUT2D eigenvalue weighted by Crippen LogP contribution is -2.34. The fourth-order valence-corrected chi connectivity index (χ4v) is 2.48. The van der Waals surface area contributed by atoms with Gasteiger partial charge in [0.15, 0.2) is 5.82 Å². The molecule has 0 fully saturated rings. The van der Waals surface area contributed by atoms with E-state index in [-0.39, 0.29) is 5.91 Å². The van der Waals surface area contributed by atoms with Crippen molar-refractivity contribution in [2.75, 3.05) is 5.32 Å². The number of hydrogen-bond acceptors (Lipinski definition) is 4. The van der Waals surface area contributed by atoms with Gasteiger partial charge >= 0.3 is 0 Å². The number of benzene rings is 2. The number of anilines is 1. The summed E-state index contributed by atoms with van der Waals surface area (Å²) in [5, 5.41) is 14.5. The zero-order valence-electron chi connectivity index (χ0n) is 13.9. The molecule has 0 spiro atoms. The predicted molar refractivity (Wildman–Crippen MR) is 92.3 cm³/mol. The molecule has 0 radical (unpaired) electrons. The lowest BCUT2D eigenvalue weighted by atomic mass is 9.83. The third-order valence-corrected chi connectivity index (χ3v) is 4.06. The van der Waals surface area contributed by atoms with Crippen LogP contribution in [0.3, 0.4) is 0 Å². The molecule has 0 atom stereocenters. The largest absolute Gasteiger partial charge is 0.325 e. The van der Waals surface area contributed by atoms with Crippen molar-refractivity contribution < 1.29 is 4.79 Å². The Balaban J connectivity index is 1.84. The SMILES string of the molecule is Cn1nnnc1-c1cccc(NC(=O)C(C)(C)c2ccccc2)c1. The normalized spacial score (nSPS) is 11.3. The van der Waals surface area contributed by atoms with Gasteiger partial charge < -0.3 is 5.32 Å². The molecule has 1 amide bonds. The highest BCUT2D eigenvalue weighted by atomic mass is 16.2. The van der Waals surface area contributed by atoms with Crippen LogP contribution in [0.5, 0.6) is 0 Å². The molecule has 122 valence electrons. The first-order valence-electron chi connectivity index (χ1n) is 7.68. The third-order valence-electron chi connectivity index (χ3n) is 4.06. The van der Waals surface area contributed by atoms with E-state index in [4.69, 9.17) is 0 Å². The molecule has 6 nitrogen and oxygen atoms in total. The summed E-state index contributed by atoms with van der Waals surface area (Å²) in [6.45, 7) is 3.82. The molecule has 1 heterocycles. The van der Waals surface area contributed by atoms with Crippen LogP contribution in [0.25, 0.3) is 11.4 Å². The minimum Gasteiger partial charge on any atom is -0.325 e. The van der Waals surface area contributed by atoms with Crippen molar-refractivity contribution in [1.29, 1.82) is 0 Å². The minimum atomic E-state index is -0.635. The Kier molecular flexibility index (Phi) is 4.12. The van der Waals surface area contributed by atoms with Crippen molar-refractivity contribution in [3.63, 3.8) is 0 Å². The van der Waals surface area contributed by atoms with Crippen LogP contribution in [-0.2, 0) is 17.3 Å². The molecule has 0 saturated carbocycles. The van der Waals surface area contributed by atoms with Gasteiger partial charge in [-0.25, -0.2) is 4.68 Å². The first-order chi connectivity index (χ1) is 11.5. The van der Waals surface area contributed by atoms with Crippen molar-refractivity contribution in [3.05, 3.63) is 60.2 Å². The summed E-state index contributed by atoms with van der Waals surface area (Å²) in [5.41, 5.74) is 1.89. The van der Waals surface area contributed by atoms with Gasteiger partial charge in [0.05, 0.1) is 5.41 Å².